The molecule has 3 aromatic rings. The van der Waals surface area contributed by atoms with Crippen LogP contribution in [0.5, 0.6) is 17.2 Å². The molecule has 172 valence electrons. The maximum Gasteiger partial charge on any atom is 0.262 e. The first-order chi connectivity index (χ1) is 15.9. The van der Waals surface area contributed by atoms with E-state index in [1.165, 1.54) is 31.4 Å². The van der Waals surface area contributed by atoms with Gasteiger partial charge in [-0.25, -0.2) is 8.78 Å². The molecule has 0 aromatic heterocycles. The van der Waals surface area contributed by atoms with Crippen molar-refractivity contribution in [2.75, 3.05) is 31.0 Å². The van der Waals surface area contributed by atoms with E-state index in [9.17, 15) is 18.4 Å². The number of amides is 2. The number of nitrogens with one attached hydrogen (secondary N) is 2. The molecule has 0 spiro atoms. The molecule has 33 heavy (non-hydrogen) atoms. The van der Waals surface area contributed by atoms with Crippen LogP contribution in [0, 0.1) is 11.6 Å². The van der Waals surface area contributed by atoms with E-state index in [0.717, 1.165) is 12.1 Å². The number of carbonyl (C=O) groups is 2. The largest absolute Gasteiger partial charge is 0.494 e. The number of carbonyl (C=O) groups excluding carboxylic acids is 2. The first-order valence-electron chi connectivity index (χ1n) is 9.99. The third-order valence-corrected chi connectivity index (χ3v) is 4.41. The highest BCUT2D eigenvalue weighted by molar-refractivity contribution is 6.04. The molecule has 0 aliphatic carbocycles. The van der Waals surface area contributed by atoms with Gasteiger partial charge in [0.15, 0.2) is 29.7 Å². The smallest absolute Gasteiger partial charge is 0.262 e. The Morgan fingerprint density at radius 2 is 1.55 bits per heavy atom. The van der Waals surface area contributed by atoms with Crippen LogP contribution in [0.1, 0.15) is 17.3 Å². The van der Waals surface area contributed by atoms with Crippen LogP contribution in [0.3, 0.4) is 0 Å². The molecule has 0 saturated heterocycles. The summed E-state index contributed by atoms with van der Waals surface area (Å²) in [5, 5.41) is 5.17. The lowest BCUT2D eigenvalue weighted by Gasteiger charge is -2.13. The highest BCUT2D eigenvalue weighted by Crippen LogP contribution is 2.28. The van der Waals surface area contributed by atoms with Crippen LogP contribution < -0.4 is 24.8 Å². The van der Waals surface area contributed by atoms with Gasteiger partial charge in [-0.05, 0) is 61.5 Å². The van der Waals surface area contributed by atoms with Crippen LogP contribution in [-0.4, -0.2) is 32.1 Å². The van der Waals surface area contributed by atoms with Gasteiger partial charge in [-0.15, -0.1) is 0 Å². The minimum Gasteiger partial charge on any atom is -0.494 e. The topological polar surface area (TPSA) is 85.9 Å². The molecule has 0 fully saturated rings. The summed E-state index contributed by atoms with van der Waals surface area (Å²) in [7, 11) is 1.39. The Bertz CT molecular complexity index is 1140. The predicted octanol–water partition coefficient (Wildman–Crippen LogP) is 4.64. The number of methoxy groups -OCH3 is 1. The van der Waals surface area contributed by atoms with Crippen LogP contribution in [0.25, 0.3) is 0 Å². The molecule has 0 saturated carbocycles. The number of rotatable bonds is 9. The van der Waals surface area contributed by atoms with Crippen LogP contribution in [0.2, 0.25) is 0 Å². The lowest BCUT2D eigenvalue weighted by Crippen LogP contribution is -2.20. The lowest BCUT2D eigenvalue weighted by atomic mass is 10.1. The van der Waals surface area contributed by atoms with E-state index in [0.29, 0.717) is 18.0 Å². The summed E-state index contributed by atoms with van der Waals surface area (Å²) in [6.45, 7) is 2.14. The lowest BCUT2D eigenvalue weighted by molar-refractivity contribution is -0.118. The molecule has 0 aliphatic rings. The second kappa shape index (κ2) is 10.9. The first kappa shape index (κ1) is 23.5. The van der Waals surface area contributed by atoms with E-state index >= 15 is 0 Å². The summed E-state index contributed by atoms with van der Waals surface area (Å²) in [5.74, 6) is -1.85. The molecule has 7 nitrogen and oxygen atoms in total. The predicted molar refractivity (Wildman–Crippen MR) is 119 cm³/mol. The van der Waals surface area contributed by atoms with E-state index < -0.39 is 17.5 Å². The van der Waals surface area contributed by atoms with E-state index in [2.05, 4.69) is 10.6 Å². The van der Waals surface area contributed by atoms with Gasteiger partial charge in [-0.1, -0.05) is 0 Å². The zero-order chi connectivity index (χ0) is 23.8. The number of benzene rings is 3. The maximum atomic E-state index is 13.3. The molecule has 0 atom stereocenters. The third kappa shape index (κ3) is 6.42. The average molecular weight is 456 g/mol. The van der Waals surface area contributed by atoms with Crippen molar-refractivity contribution in [3.05, 3.63) is 77.9 Å². The molecule has 2 N–H and O–H groups in total. The standard InChI is InChI=1S/C24H22F2N2O5/c1-3-32-18-8-5-16(6-9-18)27-23(29)14-33-21-11-4-15(12-22(21)31-2)24(30)28-17-7-10-19(25)20(26)13-17/h4-13H,3,14H2,1-2H3,(H,27,29)(H,28,30). The van der Waals surface area contributed by atoms with Gasteiger partial charge in [0.1, 0.15) is 5.75 Å². The Hall–Kier alpha value is -4.14. The van der Waals surface area contributed by atoms with Gasteiger partial charge in [0.2, 0.25) is 0 Å². The summed E-state index contributed by atoms with van der Waals surface area (Å²) in [6.07, 6.45) is 0. The van der Waals surface area contributed by atoms with Gasteiger partial charge in [-0.2, -0.15) is 0 Å². The number of hydrogen-bond acceptors (Lipinski definition) is 5. The van der Waals surface area contributed by atoms with Crippen molar-refractivity contribution in [2.24, 2.45) is 0 Å². The van der Waals surface area contributed by atoms with Crippen molar-refractivity contribution < 1.29 is 32.6 Å². The molecule has 0 radical (unpaired) electrons. The molecule has 3 rings (SSSR count). The minimum absolute atomic E-state index is 0.101. The summed E-state index contributed by atoms with van der Waals surface area (Å²) >= 11 is 0. The molecular formula is C24H22F2N2O5. The van der Waals surface area contributed by atoms with Crippen LogP contribution in [-0.2, 0) is 4.79 Å². The quantitative estimate of drug-likeness (QED) is 0.490. The van der Waals surface area contributed by atoms with Crippen LogP contribution >= 0.6 is 0 Å². The van der Waals surface area contributed by atoms with Crippen molar-refractivity contribution >= 4 is 23.2 Å². The third-order valence-electron chi connectivity index (χ3n) is 4.41. The fourth-order valence-electron chi connectivity index (χ4n) is 2.85. The zero-order valence-electron chi connectivity index (χ0n) is 18.0. The molecule has 2 amide bonds. The van der Waals surface area contributed by atoms with E-state index in [4.69, 9.17) is 14.2 Å². The Kier molecular flexibility index (Phi) is 7.80. The summed E-state index contributed by atoms with van der Waals surface area (Å²) in [4.78, 5) is 24.6. The Morgan fingerprint density at radius 1 is 0.818 bits per heavy atom. The molecular weight excluding hydrogens is 434 g/mol. The Balaban J connectivity index is 1.60. The number of ether oxygens (including phenoxy) is 3. The molecule has 9 heteroatoms. The van der Waals surface area contributed by atoms with Crippen molar-refractivity contribution in [1.29, 1.82) is 0 Å². The van der Waals surface area contributed by atoms with Crippen LogP contribution in [0.4, 0.5) is 20.2 Å². The average Bonchev–Trinajstić information content (AvgIpc) is 2.81. The van der Waals surface area contributed by atoms with E-state index in [1.807, 2.05) is 6.92 Å². The maximum absolute atomic E-state index is 13.3. The van der Waals surface area contributed by atoms with E-state index in [-0.39, 0.29) is 35.3 Å². The van der Waals surface area contributed by atoms with Gasteiger partial charge >= 0.3 is 0 Å². The number of halogens is 2. The Labute approximate surface area is 189 Å². The van der Waals surface area contributed by atoms with Gasteiger partial charge in [0.05, 0.1) is 13.7 Å². The zero-order valence-corrected chi connectivity index (χ0v) is 18.0. The van der Waals surface area contributed by atoms with E-state index in [1.54, 1.807) is 24.3 Å². The van der Waals surface area contributed by atoms with Gasteiger partial charge in [0.25, 0.3) is 11.8 Å². The highest BCUT2D eigenvalue weighted by Gasteiger charge is 2.14. The molecule has 0 bridgehead atoms. The minimum atomic E-state index is -1.07. The van der Waals surface area contributed by atoms with Gasteiger partial charge < -0.3 is 24.8 Å². The summed E-state index contributed by atoms with van der Waals surface area (Å²) in [6, 6.07) is 14.3. The Morgan fingerprint density at radius 3 is 2.21 bits per heavy atom. The van der Waals surface area contributed by atoms with Gasteiger partial charge in [0, 0.05) is 23.0 Å². The normalized spacial score (nSPS) is 10.3. The second-order valence-corrected chi connectivity index (χ2v) is 6.74. The molecule has 0 heterocycles. The van der Waals surface area contributed by atoms with Crippen LogP contribution in [0.15, 0.2) is 60.7 Å². The fourth-order valence-corrected chi connectivity index (χ4v) is 2.85. The SMILES string of the molecule is CCOc1ccc(NC(=O)COc2ccc(C(=O)Nc3ccc(F)c(F)c3)cc2OC)cc1. The molecule has 0 unspecified atom stereocenters. The van der Waals surface area contributed by atoms with Crippen molar-refractivity contribution in [3.63, 3.8) is 0 Å². The summed E-state index contributed by atoms with van der Waals surface area (Å²) < 4.78 is 42.5. The fraction of sp³-hybridized carbons (Fsp3) is 0.167. The second-order valence-electron chi connectivity index (χ2n) is 6.74. The summed E-state index contributed by atoms with van der Waals surface area (Å²) in [5.41, 5.74) is 0.884. The first-order valence-corrected chi connectivity index (χ1v) is 9.99. The number of hydrogen-bond donors (Lipinski definition) is 2. The van der Waals surface area contributed by atoms with Crippen molar-refractivity contribution in [3.8, 4) is 17.2 Å². The van der Waals surface area contributed by atoms with Gasteiger partial charge in [-0.3, -0.25) is 9.59 Å². The highest BCUT2D eigenvalue weighted by atomic mass is 19.2. The molecule has 3 aromatic carbocycles. The monoisotopic (exact) mass is 456 g/mol. The van der Waals surface area contributed by atoms with Crippen molar-refractivity contribution in [1.82, 2.24) is 0 Å². The number of anilines is 2. The van der Waals surface area contributed by atoms with Crippen molar-refractivity contribution in [2.45, 2.75) is 6.92 Å². The molecule has 0 aliphatic heterocycles.